The Morgan fingerprint density at radius 2 is 0.282 bits per heavy atom. The molecule has 27 rings (SSSR count). The third-order valence-corrected chi connectivity index (χ3v) is 30.9. The van der Waals surface area contributed by atoms with Crippen molar-refractivity contribution < 1.29 is 0 Å². The zero-order valence-corrected chi connectivity index (χ0v) is 85.9. The second-order valence-corrected chi connectivity index (χ2v) is 43.2. The summed E-state index contributed by atoms with van der Waals surface area (Å²) in [7, 11) is 0. The van der Waals surface area contributed by atoms with Crippen molar-refractivity contribution in [3.05, 3.63) is 526 Å². The lowest BCUT2D eigenvalue weighted by Gasteiger charge is -2.29. The Hall–Kier alpha value is -17.8. The van der Waals surface area contributed by atoms with Crippen LogP contribution >= 0.6 is 0 Å². The predicted molar refractivity (Wildman–Crippen MR) is 640 cm³/mol. The standard InChI is InChI=1S/C52H45N.C50H41N.C44H29N/c1-51(2,3)40-18-23-42(24-19-40)53(43-25-20-41(21-26-43)52(4,5)6)44-22-17-36-28-47-48(31-37(36)27-44)50-33-39-30-46(35-15-11-8-12-16-35)45(29-38(39)32-49(47)50)34-13-9-7-10-14-34;1-32(2)34-15-20-42(21-16-34)51(43-22-17-35(18-23-43)33(3)4)44-24-19-38-26-47-48(29-39(38)25-44)50-31-41-28-46(37-13-9-6-10-14-37)45(27-40(41)30-49(47)50)36-11-7-5-8-12-36;1-5-13-30(14-6-1)39-25-34-28-43-41-24-32-21-22-38(45(36-17-9-3-10-18-36)37-19-11-4-12-20-37)23-33(32)27-42(41)44(43)29-35(34)26-40(39)31-15-7-2-8-16-31/h7-33H,1-6H3;5-33H,1-4H3;1-29H. The van der Waals surface area contributed by atoms with Gasteiger partial charge < -0.3 is 14.7 Å². The molecule has 0 N–H and O–H groups in total. The van der Waals surface area contributed by atoms with Gasteiger partial charge in [0.05, 0.1) is 0 Å². The topological polar surface area (TPSA) is 9.72 Å². The number of para-hydroxylation sites is 2. The van der Waals surface area contributed by atoms with Crippen LogP contribution < -0.4 is 14.7 Å². The molecule has 24 aromatic carbocycles. The first-order chi connectivity index (χ1) is 72.7. The average Bonchev–Trinajstić information content (AvgIpc) is 0.719. The SMILES string of the molecule is CC(C)(C)c1ccc(N(c2ccc(C(C)(C)C)cc2)c2ccc3cc4c(cc3c2)-c2cc3cc(-c5ccccc5)c(-c5ccccc5)cc3cc2-4)cc1.CC(C)c1ccc(N(c2ccc(C(C)C)cc2)c2ccc3cc4c(cc3c2)-c2cc3cc(-c5ccccc5)c(-c5ccccc5)cc3cc2-4)cc1.c1ccc(-c2cc3cc4c(cc3cc2-c2ccccc2)-c2cc3cc(N(c5ccccc5)c5ccccc5)ccc3cc2-4)cc1. The molecule has 0 spiro atoms. The maximum Gasteiger partial charge on any atom is 0.0468 e. The van der Waals surface area contributed by atoms with Crippen molar-refractivity contribution in [2.24, 2.45) is 0 Å². The Labute approximate surface area is 875 Å². The molecule has 0 saturated carbocycles. The monoisotopic (exact) mass is 1910 g/mol. The molecule has 0 radical (unpaired) electrons. The average molecular weight is 1910 g/mol. The van der Waals surface area contributed by atoms with Gasteiger partial charge in [0.15, 0.2) is 0 Å². The van der Waals surface area contributed by atoms with E-state index in [1.165, 1.54) is 232 Å². The van der Waals surface area contributed by atoms with Gasteiger partial charge in [0, 0.05) is 51.2 Å². The Kier molecular flexibility index (Phi) is 23.6. The van der Waals surface area contributed by atoms with Gasteiger partial charge in [-0.2, -0.15) is 0 Å². The van der Waals surface area contributed by atoms with E-state index in [-0.39, 0.29) is 10.8 Å². The lowest BCUT2D eigenvalue weighted by atomic mass is 9.77. The first-order valence-corrected chi connectivity index (χ1v) is 52.6. The van der Waals surface area contributed by atoms with E-state index in [0.717, 1.165) is 39.8 Å². The number of anilines is 9. The largest absolute Gasteiger partial charge is 0.310 e. The van der Waals surface area contributed by atoms with Crippen LogP contribution in [0.5, 0.6) is 0 Å². The van der Waals surface area contributed by atoms with Crippen molar-refractivity contribution in [3.8, 4) is 134 Å². The number of nitrogens with zero attached hydrogens (tertiary/aromatic N) is 3. The molecule has 3 nitrogen and oxygen atoms in total. The van der Waals surface area contributed by atoms with Gasteiger partial charge in [0.25, 0.3) is 0 Å². The molecule has 0 unspecified atom stereocenters. The fourth-order valence-electron chi connectivity index (χ4n) is 22.7. The summed E-state index contributed by atoms with van der Waals surface area (Å²) in [6.07, 6.45) is 0. The Morgan fingerprint density at radius 1 is 0.134 bits per heavy atom. The van der Waals surface area contributed by atoms with Crippen molar-refractivity contribution in [2.75, 3.05) is 14.7 Å². The fourth-order valence-corrected chi connectivity index (χ4v) is 22.7. The normalized spacial score (nSPS) is 11.9. The highest BCUT2D eigenvalue weighted by molar-refractivity contribution is 6.17. The molecular formula is C146H115N3. The van der Waals surface area contributed by atoms with Gasteiger partial charge >= 0.3 is 0 Å². The Balaban J connectivity index is 0.000000116. The highest BCUT2D eigenvalue weighted by atomic mass is 15.2. The minimum absolute atomic E-state index is 0.0947. The first-order valence-electron chi connectivity index (χ1n) is 52.6. The van der Waals surface area contributed by atoms with Crippen molar-refractivity contribution in [2.45, 2.75) is 91.9 Å². The highest BCUT2D eigenvalue weighted by Crippen LogP contribution is 2.57. The maximum absolute atomic E-state index is 2.41. The minimum atomic E-state index is 0.0947. The van der Waals surface area contributed by atoms with E-state index < -0.39 is 0 Å². The number of hydrogen-bond acceptors (Lipinski definition) is 3. The molecule has 0 fully saturated rings. The van der Waals surface area contributed by atoms with Crippen molar-refractivity contribution in [1.29, 1.82) is 0 Å². The van der Waals surface area contributed by atoms with Gasteiger partial charge in [-0.25, -0.2) is 0 Å². The lowest BCUT2D eigenvalue weighted by Crippen LogP contribution is -2.14. The minimum Gasteiger partial charge on any atom is -0.310 e. The molecule has 3 aliphatic carbocycles. The van der Waals surface area contributed by atoms with Gasteiger partial charge in [-0.05, 0) is 461 Å². The molecule has 0 amide bonds. The van der Waals surface area contributed by atoms with Crippen LogP contribution in [-0.4, -0.2) is 0 Å². The van der Waals surface area contributed by atoms with E-state index in [1.54, 1.807) is 0 Å². The molecule has 3 aliphatic rings. The first kappa shape index (κ1) is 92.4. The molecule has 24 aromatic rings. The summed E-state index contributed by atoms with van der Waals surface area (Å²) in [6, 6.07) is 186. The third kappa shape index (κ3) is 17.6. The number of benzene rings is 24. The summed E-state index contributed by atoms with van der Waals surface area (Å²) in [5, 5.41) is 15.2. The second kappa shape index (κ2) is 38.0. The van der Waals surface area contributed by atoms with Crippen molar-refractivity contribution >= 4 is 116 Å². The summed E-state index contributed by atoms with van der Waals surface area (Å²) in [6.45, 7) is 22.6. The fraction of sp³-hybridized carbons (Fsp3) is 0.0959. The number of hydrogen-bond donors (Lipinski definition) is 0. The number of fused-ring (bicyclic) bond motifs is 18. The van der Waals surface area contributed by atoms with Crippen molar-refractivity contribution in [3.63, 3.8) is 0 Å². The van der Waals surface area contributed by atoms with E-state index >= 15 is 0 Å². The van der Waals surface area contributed by atoms with E-state index in [0.29, 0.717) is 11.8 Å². The highest BCUT2D eigenvalue weighted by Gasteiger charge is 2.31. The molecule has 0 atom stereocenters. The number of rotatable bonds is 17. The van der Waals surface area contributed by atoms with Crippen LogP contribution in [0.1, 0.15) is 103 Å². The molecule has 3 heteroatoms. The van der Waals surface area contributed by atoms with E-state index in [1.807, 2.05) is 0 Å². The third-order valence-electron chi connectivity index (χ3n) is 30.9. The zero-order valence-electron chi connectivity index (χ0n) is 85.9. The summed E-state index contributed by atoms with van der Waals surface area (Å²) in [5.41, 5.74) is 47.0. The molecule has 0 aliphatic heterocycles. The molecule has 0 bridgehead atoms. The van der Waals surface area contributed by atoms with Crippen LogP contribution in [0.15, 0.2) is 504 Å². The van der Waals surface area contributed by atoms with Gasteiger partial charge in [0.1, 0.15) is 0 Å². The summed E-state index contributed by atoms with van der Waals surface area (Å²) in [5.74, 6) is 0.986. The predicted octanol–water partition coefficient (Wildman–Crippen LogP) is 42.2. The van der Waals surface area contributed by atoms with E-state index in [2.05, 4.69) is 587 Å². The summed E-state index contributed by atoms with van der Waals surface area (Å²) >= 11 is 0. The molecule has 714 valence electrons. The van der Waals surface area contributed by atoms with Gasteiger partial charge in [-0.3, -0.25) is 0 Å². The second-order valence-electron chi connectivity index (χ2n) is 43.2. The van der Waals surface area contributed by atoms with Crippen LogP contribution in [-0.2, 0) is 10.8 Å². The Morgan fingerprint density at radius 3 is 0.463 bits per heavy atom. The molecule has 149 heavy (non-hydrogen) atoms. The zero-order chi connectivity index (χ0) is 101. The molecule has 0 aromatic heterocycles. The summed E-state index contributed by atoms with van der Waals surface area (Å²) in [4.78, 5) is 7.12. The molecular weight excluding hydrogens is 1800 g/mol. The van der Waals surface area contributed by atoms with Crippen LogP contribution in [0.3, 0.4) is 0 Å². The van der Waals surface area contributed by atoms with Gasteiger partial charge in [-0.1, -0.05) is 354 Å². The Bertz CT molecular complexity index is 9080. The maximum atomic E-state index is 2.41. The lowest BCUT2D eigenvalue weighted by molar-refractivity contribution is 0.590. The van der Waals surface area contributed by atoms with Crippen LogP contribution in [0.2, 0.25) is 0 Å². The van der Waals surface area contributed by atoms with Crippen molar-refractivity contribution in [1.82, 2.24) is 0 Å². The van der Waals surface area contributed by atoms with E-state index in [9.17, 15) is 0 Å². The van der Waals surface area contributed by atoms with E-state index in [4.69, 9.17) is 0 Å². The van der Waals surface area contributed by atoms with Crippen LogP contribution in [0.4, 0.5) is 51.2 Å². The van der Waals surface area contributed by atoms with Crippen LogP contribution in [0.25, 0.3) is 198 Å². The van der Waals surface area contributed by atoms with Gasteiger partial charge in [0.2, 0.25) is 0 Å². The summed E-state index contributed by atoms with van der Waals surface area (Å²) < 4.78 is 0. The molecule has 0 heterocycles. The molecule has 0 saturated heterocycles. The smallest absolute Gasteiger partial charge is 0.0468 e. The van der Waals surface area contributed by atoms with Gasteiger partial charge in [-0.15, -0.1) is 0 Å². The van der Waals surface area contributed by atoms with Crippen LogP contribution in [0, 0.1) is 0 Å². The quantitative estimate of drug-likeness (QED) is 0.0900.